The average molecular weight is 487 g/mol. The number of hydrogen-bond donors (Lipinski definition) is 3. The molecular formula is C24H24ClFN4O4. The third kappa shape index (κ3) is 4.75. The molecule has 0 aliphatic carbocycles. The molecule has 10 heteroatoms. The van der Waals surface area contributed by atoms with Crippen LogP contribution in [0.1, 0.15) is 59.7 Å². The van der Waals surface area contributed by atoms with Gasteiger partial charge in [-0.2, -0.15) is 0 Å². The normalized spacial score (nSPS) is 17.6. The molecule has 0 bridgehead atoms. The number of piperidine rings is 1. The van der Waals surface area contributed by atoms with Gasteiger partial charge in [-0.05, 0) is 47.2 Å². The van der Waals surface area contributed by atoms with E-state index in [1.54, 1.807) is 18.2 Å². The summed E-state index contributed by atoms with van der Waals surface area (Å²) in [5.41, 5.74) is 2.28. The number of benzene rings is 2. The molecule has 3 N–H and O–H groups in total. The van der Waals surface area contributed by atoms with E-state index in [4.69, 9.17) is 11.6 Å². The largest absolute Gasteiger partial charge is 0.334 e. The Morgan fingerprint density at radius 3 is 2.71 bits per heavy atom. The van der Waals surface area contributed by atoms with Gasteiger partial charge in [-0.15, -0.1) is 0 Å². The predicted octanol–water partition coefficient (Wildman–Crippen LogP) is 3.69. The molecule has 2 heterocycles. The van der Waals surface area contributed by atoms with E-state index >= 15 is 0 Å². The minimum absolute atomic E-state index is 0.0160. The number of nitrogens with zero attached hydrogens (tertiary/aromatic N) is 1. The molecule has 0 spiro atoms. The molecule has 2 aliphatic heterocycles. The Bertz CT molecular complexity index is 1200. The van der Waals surface area contributed by atoms with Crippen molar-refractivity contribution in [2.24, 2.45) is 0 Å². The molecule has 8 nitrogen and oxygen atoms in total. The lowest BCUT2D eigenvalue weighted by Crippen LogP contribution is -2.52. The molecule has 178 valence electrons. The number of amides is 5. The van der Waals surface area contributed by atoms with Gasteiger partial charge in [0.2, 0.25) is 11.8 Å². The van der Waals surface area contributed by atoms with Crippen molar-refractivity contribution in [1.82, 2.24) is 15.5 Å². The highest BCUT2D eigenvalue weighted by Crippen LogP contribution is 2.30. The Morgan fingerprint density at radius 2 is 2.00 bits per heavy atom. The van der Waals surface area contributed by atoms with E-state index < -0.39 is 23.8 Å². The molecule has 0 radical (unpaired) electrons. The monoisotopic (exact) mass is 486 g/mol. The molecule has 2 aromatic rings. The van der Waals surface area contributed by atoms with Crippen LogP contribution >= 0.6 is 11.6 Å². The van der Waals surface area contributed by atoms with Crippen LogP contribution in [0.3, 0.4) is 0 Å². The number of carbonyl (C=O) groups excluding carboxylic acids is 4. The summed E-state index contributed by atoms with van der Waals surface area (Å²) in [6.45, 7) is 4.04. The van der Waals surface area contributed by atoms with Crippen molar-refractivity contribution in [3.63, 3.8) is 0 Å². The van der Waals surface area contributed by atoms with Crippen LogP contribution in [0.5, 0.6) is 0 Å². The maximum atomic E-state index is 14.7. The van der Waals surface area contributed by atoms with Crippen molar-refractivity contribution in [3.05, 3.63) is 63.4 Å². The Labute approximate surface area is 200 Å². The highest BCUT2D eigenvalue weighted by atomic mass is 35.5. The third-order valence-corrected chi connectivity index (χ3v) is 6.20. The first-order valence-electron chi connectivity index (χ1n) is 10.9. The fourth-order valence-corrected chi connectivity index (χ4v) is 4.41. The number of carbonyl (C=O) groups is 4. The van der Waals surface area contributed by atoms with Gasteiger partial charge in [0.25, 0.3) is 5.91 Å². The van der Waals surface area contributed by atoms with Crippen LogP contribution in [-0.4, -0.2) is 34.7 Å². The summed E-state index contributed by atoms with van der Waals surface area (Å²) >= 11 is 6.06. The third-order valence-electron chi connectivity index (χ3n) is 5.98. The number of hydrogen-bond acceptors (Lipinski definition) is 4. The number of fused-ring (bicyclic) bond motifs is 1. The molecule has 34 heavy (non-hydrogen) atoms. The second-order valence-corrected chi connectivity index (χ2v) is 9.15. The molecule has 1 fully saturated rings. The Kier molecular flexibility index (Phi) is 6.56. The van der Waals surface area contributed by atoms with Crippen molar-refractivity contribution in [2.75, 3.05) is 5.32 Å². The summed E-state index contributed by atoms with van der Waals surface area (Å²) in [6.07, 6.45) is 0.476. The van der Waals surface area contributed by atoms with Crippen LogP contribution in [0, 0.1) is 5.82 Å². The first-order valence-corrected chi connectivity index (χ1v) is 11.3. The second-order valence-electron chi connectivity index (χ2n) is 8.71. The van der Waals surface area contributed by atoms with Gasteiger partial charge in [-0.3, -0.25) is 19.7 Å². The van der Waals surface area contributed by atoms with Crippen LogP contribution in [0.2, 0.25) is 5.02 Å². The van der Waals surface area contributed by atoms with Gasteiger partial charge in [0.15, 0.2) is 0 Å². The molecule has 1 atom stereocenters. The zero-order chi connectivity index (χ0) is 24.6. The minimum atomic E-state index is -0.687. The summed E-state index contributed by atoms with van der Waals surface area (Å²) in [7, 11) is 0. The van der Waals surface area contributed by atoms with Crippen molar-refractivity contribution < 1.29 is 23.6 Å². The summed E-state index contributed by atoms with van der Waals surface area (Å²) in [5, 5.41) is 7.72. The maximum Gasteiger partial charge on any atom is 0.319 e. The fraction of sp³-hybridized carbons (Fsp3) is 0.333. The molecule has 1 saturated heterocycles. The minimum Gasteiger partial charge on any atom is -0.334 e. The van der Waals surface area contributed by atoms with Crippen molar-refractivity contribution >= 4 is 41.0 Å². The Morgan fingerprint density at radius 1 is 1.24 bits per heavy atom. The Balaban J connectivity index is 1.41. The van der Waals surface area contributed by atoms with E-state index in [9.17, 15) is 23.6 Å². The highest BCUT2D eigenvalue weighted by molar-refractivity contribution is 6.31. The summed E-state index contributed by atoms with van der Waals surface area (Å²) in [6, 6.07) is 6.79. The number of urea groups is 1. The van der Waals surface area contributed by atoms with Gasteiger partial charge in [-0.25, -0.2) is 9.18 Å². The van der Waals surface area contributed by atoms with Crippen molar-refractivity contribution in [3.8, 4) is 0 Å². The molecular weight excluding hydrogens is 463 g/mol. The van der Waals surface area contributed by atoms with Crippen LogP contribution in [-0.2, 0) is 22.7 Å². The van der Waals surface area contributed by atoms with E-state index in [0.717, 1.165) is 5.56 Å². The summed E-state index contributed by atoms with van der Waals surface area (Å²) < 4.78 is 14.7. The van der Waals surface area contributed by atoms with Crippen LogP contribution < -0.4 is 16.0 Å². The van der Waals surface area contributed by atoms with E-state index in [1.807, 2.05) is 13.8 Å². The number of imide groups is 1. The second kappa shape index (κ2) is 9.42. The standard InChI is InChI=1S/C24H24ClFN4O4/c1-12(2)16-8-15(25)9-18(21(16)26)28-24(34)27-10-13-3-4-14-11-30(23(33)17(14)7-13)19-5-6-20(31)29-22(19)32/h3-4,7-9,12,19H,5-6,10-11H2,1-2H3,(H2,27,28,34)(H,29,31,32). The molecule has 5 amide bonds. The number of nitrogens with one attached hydrogen (secondary N) is 3. The number of rotatable bonds is 5. The first kappa shape index (κ1) is 23.7. The zero-order valence-corrected chi connectivity index (χ0v) is 19.5. The van der Waals surface area contributed by atoms with E-state index in [-0.39, 0.29) is 49.4 Å². The van der Waals surface area contributed by atoms with Gasteiger partial charge < -0.3 is 15.5 Å². The maximum absolute atomic E-state index is 14.7. The van der Waals surface area contributed by atoms with Gasteiger partial charge in [-0.1, -0.05) is 37.6 Å². The van der Waals surface area contributed by atoms with E-state index in [0.29, 0.717) is 21.7 Å². The van der Waals surface area contributed by atoms with Crippen molar-refractivity contribution in [2.45, 2.75) is 51.7 Å². The summed E-state index contributed by atoms with van der Waals surface area (Å²) in [5.74, 6) is -1.74. The smallest absolute Gasteiger partial charge is 0.319 e. The van der Waals surface area contributed by atoms with Crippen LogP contribution in [0.15, 0.2) is 30.3 Å². The molecule has 0 aromatic heterocycles. The van der Waals surface area contributed by atoms with Crippen LogP contribution in [0.4, 0.5) is 14.9 Å². The Hall–Kier alpha value is -3.46. The first-order chi connectivity index (χ1) is 16.1. The van der Waals surface area contributed by atoms with Crippen LogP contribution in [0.25, 0.3) is 0 Å². The number of halogens is 2. The lowest BCUT2D eigenvalue weighted by atomic mass is 10.0. The molecule has 2 aromatic carbocycles. The fourth-order valence-electron chi connectivity index (χ4n) is 4.18. The van der Waals surface area contributed by atoms with Gasteiger partial charge >= 0.3 is 6.03 Å². The SMILES string of the molecule is CC(C)c1cc(Cl)cc(NC(=O)NCc2ccc3c(c2)C(=O)N(C2CCC(=O)NC2=O)C3)c1F. The number of anilines is 1. The lowest BCUT2D eigenvalue weighted by molar-refractivity contribution is -0.136. The molecule has 1 unspecified atom stereocenters. The molecule has 4 rings (SSSR count). The van der Waals surface area contributed by atoms with Gasteiger partial charge in [0.1, 0.15) is 11.9 Å². The van der Waals surface area contributed by atoms with E-state index in [1.165, 1.54) is 17.0 Å². The lowest BCUT2D eigenvalue weighted by Gasteiger charge is -2.29. The topological polar surface area (TPSA) is 108 Å². The zero-order valence-electron chi connectivity index (χ0n) is 18.7. The molecule has 2 aliphatic rings. The predicted molar refractivity (Wildman–Crippen MR) is 124 cm³/mol. The average Bonchev–Trinajstić information content (AvgIpc) is 3.10. The summed E-state index contributed by atoms with van der Waals surface area (Å²) in [4.78, 5) is 50.3. The highest BCUT2D eigenvalue weighted by Gasteiger charge is 2.39. The van der Waals surface area contributed by atoms with Gasteiger partial charge in [0, 0.05) is 30.1 Å². The van der Waals surface area contributed by atoms with Crippen molar-refractivity contribution in [1.29, 1.82) is 0 Å². The molecule has 0 saturated carbocycles. The van der Waals surface area contributed by atoms with E-state index in [2.05, 4.69) is 16.0 Å². The quantitative estimate of drug-likeness (QED) is 0.560. The van der Waals surface area contributed by atoms with Gasteiger partial charge in [0.05, 0.1) is 5.69 Å².